The first-order valence-electron chi connectivity index (χ1n) is 6.17. The van der Waals surface area contributed by atoms with Gasteiger partial charge in [0.15, 0.2) is 0 Å². The second kappa shape index (κ2) is 4.20. The van der Waals surface area contributed by atoms with E-state index in [0.29, 0.717) is 5.65 Å². The average Bonchev–Trinajstić information content (AvgIpc) is 2.72. The molecule has 7 nitrogen and oxygen atoms in total. The molecule has 0 spiro atoms. The van der Waals surface area contributed by atoms with Crippen LogP contribution in [0.4, 0.5) is 11.6 Å². The summed E-state index contributed by atoms with van der Waals surface area (Å²) in [7, 11) is 0. The highest BCUT2D eigenvalue weighted by molar-refractivity contribution is 5.62. The summed E-state index contributed by atoms with van der Waals surface area (Å²) in [5.74, 6) is 0.107. The van der Waals surface area contributed by atoms with E-state index in [1.807, 2.05) is 0 Å². The summed E-state index contributed by atoms with van der Waals surface area (Å²) in [6, 6.07) is 5.19. The zero-order valence-electron chi connectivity index (χ0n) is 10.2. The van der Waals surface area contributed by atoms with Gasteiger partial charge in [-0.3, -0.25) is 0 Å². The highest BCUT2D eigenvalue weighted by atomic mass is 16.6. The minimum absolute atomic E-state index is 0.0986. The van der Waals surface area contributed by atoms with Crippen LogP contribution in [-0.2, 0) is 0 Å². The second-order valence-corrected chi connectivity index (χ2v) is 4.90. The van der Waals surface area contributed by atoms with Crippen LogP contribution < -0.4 is 5.32 Å². The van der Waals surface area contributed by atoms with Crippen molar-refractivity contribution in [3.8, 4) is 0 Å². The van der Waals surface area contributed by atoms with E-state index >= 15 is 0 Å². The summed E-state index contributed by atoms with van der Waals surface area (Å²) in [4.78, 5) is 14.9. The van der Waals surface area contributed by atoms with E-state index in [0.717, 1.165) is 19.3 Å². The quantitative estimate of drug-likeness (QED) is 0.644. The largest absolute Gasteiger partial charge is 0.388 e. The lowest BCUT2D eigenvalue weighted by molar-refractivity contribution is -0.389. The van der Waals surface area contributed by atoms with E-state index in [9.17, 15) is 15.2 Å². The maximum Gasteiger partial charge on any atom is 0.372 e. The van der Waals surface area contributed by atoms with Crippen molar-refractivity contribution >= 4 is 17.3 Å². The van der Waals surface area contributed by atoms with Crippen LogP contribution in [0.15, 0.2) is 24.4 Å². The summed E-state index contributed by atoms with van der Waals surface area (Å²) in [6.45, 7) is 0.289. The minimum atomic E-state index is -0.746. The third-order valence-corrected chi connectivity index (χ3v) is 3.55. The molecule has 2 N–H and O–H groups in total. The molecule has 2 aromatic rings. The molecule has 0 aromatic carbocycles. The molecule has 0 radical (unpaired) electrons. The van der Waals surface area contributed by atoms with Crippen molar-refractivity contribution in [2.75, 3.05) is 11.9 Å². The molecule has 2 heterocycles. The first-order valence-corrected chi connectivity index (χ1v) is 6.17. The van der Waals surface area contributed by atoms with Crippen molar-refractivity contribution in [2.24, 2.45) is 0 Å². The molecule has 7 heteroatoms. The SMILES string of the molecule is O=[N+]([O-])c1c(NCC2(O)CCC2)nc2ccccn12. The molecule has 3 rings (SSSR count). The van der Waals surface area contributed by atoms with E-state index in [2.05, 4.69) is 10.3 Å². The Labute approximate surface area is 109 Å². The van der Waals surface area contributed by atoms with Crippen LogP contribution in [-0.4, -0.2) is 31.6 Å². The summed E-state index contributed by atoms with van der Waals surface area (Å²) in [5, 5.41) is 24.1. The fourth-order valence-electron chi connectivity index (χ4n) is 2.29. The zero-order valence-corrected chi connectivity index (χ0v) is 10.2. The van der Waals surface area contributed by atoms with Gasteiger partial charge in [-0.2, -0.15) is 9.38 Å². The number of fused-ring (bicyclic) bond motifs is 1. The Kier molecular flexibility index (Phi) is 2.63. The number of aliphatic hydroxyl groups is 1. The van der Waals surface area contributed by atoms with E-state index in [1.165, 1.54) is 4.40 Å². The third kappa shape index (κ3) is 2.01. The van der Waals surface area contributed by atoms with Gasteiger partial charge >= 0.3 is 5.82 Å². The summed E-state index contributed by atoms with van der Waals surface area (Å²) < 4.78 is 1.42. The topological polar surface area (TPSA) is 92.7 Å². The van der Waals surface area contributed by atoms with E-state index < -0.39 is 10.5 Å². The molecule has 0 aliphatic heterocycles. The van der Waals surface area contributed by atoms with Gasteiger partial charge in [0.25, 0.3) is 0 Å². The Balaban J connectivity index is 1.93. The molecule has 0 atom stereocenters. The van der Waals surface area contributed by atoms with Gasteiger partial charge in [-0.15, -0.1) is 0 Å². The van der Waals surface area contributed by atoms with E-state index in [-0.39, 0.29) is 18.2 Å². The van der Waals surface area contributed by atoms with Gasteiger partial charge in [0.1, 0.15) is 0 Å². The number of nitrogens with one attached hydrogen (secondary N) is 1. The zero-order chi connectivity index (χ0) is 13.5. The molecule has 0 unspecified atom stereocenters. The monoisotopic (exact) mass is 262 g/mol. The van der Waals surface area contributed by atoms with Crippen molar-refractivity contribution in [2.45, 2.75) is 24.9 Å². The van der Waals surface area contributed by atoms with Crippen molar-refractivity contribution in [3.63, 3.8) is 0 Å². The number of rotatable bonds is 4. The summed E-state index contributed by atoms with van der Waals surface area (Å²) >= 11 is 0. The maximum absolute atomic E-state index is 11.1. The van der Waals surface area contributed by atoms with Gasteiger partial charge in [-0.05, 0) is 30.3 Å². The van der Waals surface area contributed by atoms with Crippen LogP contribution in [0.25, 0.3) is 5.65 Å². The molecule has 100 valence electrons. The van der Waals surface area contributed by atoms with Gasteiger partial charge in [0.05, 0.1) is 11.8 Å². The average molecular weight is 262 g/mol. The standard InChI is InChI=1S/C12H14N4O3/c17-12(5-3-6-12)8-13-10-11(16(18)19)15-7-2-1-4-9(15)14-10/h1-2,4,7,13,17H,3,5-6,8H2. The van der Waals surface area contributed by atoms with Crippen molar-refractivity contribution in [3.05, 3.63) is 34.5 Å². The van der Waals surface area contributed by atoms with Gasteiger partial charge in [0, 0.05) is 12.6 Å². The fraction of sp³-hybridized carbons (Fsp3) is 0.417. The molecule has 0 bridgehead atoms. The first-order chi connectivity index (χ1) is 9.09. The van der Waals surface area contributed by atoms with E-state index in [4.69, 9.17) is 0 Å². The summed E-state index contributed by atoms with van der Waals surface area (Å²) in [5.41, 5.74) is -0.235. The Morgan fingerprint density at radius 1 is 1.53 bits per heavy atom. The van der Waals surface area contributed by atoms with Gasteiger partial charge in [-0.1, -0.05) is 6.07 Å². The molecule has 0 saturated heterocycles. The predicted octanol–water partition coefficient (Wildman–Crippen LogP) is 1.57. The lowest BCUT2D eigenvalue weighted by Gasteiger charge is -2.36. The Hall–Kier alpha value is -2.15. The Morgan fingerprint density at radius 2 is 2.32 bits per heavy atom. The number of hydrogen-bond donors (Lipinski definition) is 2. The van der Waals surface area contributed by atoms with Crippen LogP contribution >= 0.6 is 0 Å². The molecular formula is C12H14N4O3. The molecule has 19 heavy (non-hydrogen) atoms. The number of nitro groups is 1. The number of anilines is 1. The van der Waals surface area contributed by atoms with Crippen LogP contribution in [0.2, 0.25) is 0 Å². The van der Waals surface area contributed by atoms with Crippen LogP contribution in [0.5, 0.6) is 0 Å². The Morgan fingerprint density at radius 3 is 2.95 bits per heavy atom. The van der Waals surface area contributed by atoms with Crippen LogP contribution in [0, 0.1) is 10.1 Å². The number of aromatic nitrogens is 2. The number of nitrogens with zero attached hydrogens (tertiary/aromatic N) is 3. The van der Waals surface area contributed by atoms with Gasteiger partial charge in [-0.25, -0.2) is 0 Å². The van der Waals surface area contributed by atoms with Crippen molar-refractivity contribution < 1.29 is 10.0 Å². The number of hydrogen-bond acceptors (Lipinski definition) is 5. The molecule has 2 aromatic heterocycles. The highest BCUT2D eigenvalue weighted by Crippen LogP contribution is 2.33. The summed E-state index contributed by atoms with van der Waals surface area (Å²) in [6.07, 6.45) is 4.04. The van der Waals surface area contributed by atoms with Crippen molar-refractivity contribution in [1.29, 1.82) is 0 Å². The third-order valence-electron chi connectivity index (χ3n) is 3.55. The van der Waals surface area contributed by atoms with E-state index in [1.54, 1.807) is 24.4 Å². The smallest absolute Gasteiger partial charge is 0.372 e. The first kappa shape index (κ1) is 11.9. The van der Waals surface area contributed by atoms with Gasteiger partial charge < -0.3 is 20.5 Å². The van der Waals surface area contributed by atoms with Crippen LogP contribution in [0.1, 0.15) is 19.3 Å². The number of pyridine rings is 1. The van der Waals surface area contributed by atoms with Crippen LogP contribution in [0.3, 0.4) is 0 Å². The molecule has 1 aliphatic rings. The molecule has 1 fully saturated rings. The maximum atomic E-state index is 11.1. The minimum Gasteiger partial charge on any atom is -0.388 e. The highest BCUT2D eigenvalue weighted by Gasteiger charge is 2.35. The lowest BCUT2D eigenvalue weighted by atomic mass is 9.80. The molecular weight excluding hydrogens is 248 g/mol. The molecule has 1 aliphatic carbocycles. The number of imidazole rings is 1. The Bertz CT molecular complexity index is 633. The normalized spacial score (nSPS) is 17.1. The van der Waals surface area contributed by atoms with Crippen molar-refractivity contribution in [1.82, 2.24) is 9.38 Å². The lowest BCUT2D eigenvalue weighted by Crippen LogP contribution is -2.43. The van der Waals surface area contributed by atoms with Gasteiger partial charge in [0.2, 0.25) is 11.5 Å². The molecule has 1 saturated carbocycles. The second-order valence-electron chi connectivity index (χ2n) is 4.90. The molecule has 0 amide bonds. The predicted molar refractivity (Wildman–Crippen MR) is 69.1 cm³/mol. The fourth-order valence-corrected chi connectivity index (χ4v) is 2.29.